The molecule has 1 aliphatic carbocycles. The van der Waals surface area contributed by atoms with Crippen molar-refractivity contribution in [2.24, 2.45) is 7.05 Å². The van der Waals surface area contributed by atoms with Crippen LogP contribution in [0.25, 0.3) is 0 Å². The molecule has 6 nitrogen and oxygen atoms in total. The Morgan fingerprint density at radius 2 is 2.08 bits per heavy atom. The van der Waals surface area contributed by atoms with Gasteiger partial charge in [-0.05, 0) is 50.3 Å². The quantitative estimate of drug-likeness (QED) is 0.788. The Morgan fingerprint density at radius 1 is 1.27 bits per heavy atom. The summed E-state index contributed by atoms with van der Waals surface area (Å²) in [5.74, 6) is 0.595. The molecular formula is C20H23N5O. The molecule has 1 atom stereocenters. The van der Waals surface area contributed by atoms with Crippen LogP contribution in [0.1, 0.15) is 51.8 Å². The maximum atomic E-state index is 12.8. The highest BCUT2D eigenvalue weighted by atomic mass is 16.2. The summed E-state index contributed by atoms with van der Waals surface area (Å²) < 4.78 is 3.57. The molecular weight excluding hydrogens is 326 g/mol. The van der Waals surface area contributed by atoms with Crippen LogP contribution < -0.4 is 5.32 Å². The first-order chi connectivity index (χ1) is 12.5. The van der Waals surface area contributed by atoms with Crippen molar-refractivity contribution >= 4 is 11.7 Å². The van der Waals surface area contributed by atoms with Crippen LogP contribution >= 0.6 is 0 Å². The molecule has 2 aromatic heterocycles. The number of benzene rings is 1. The van der Waals surface area contributed by atoms with Gasteiger partial charge < -0.3 is 5.32 Å². The molecule has 0 saturated carbocycles. The van der Waals surface area contributed by atoms with Crippen molar-refractivity contribution in [3.63, 3.8) is 0 Å². The van der Waals surface area contributed by atoms with Crippen molar-refractivity contribution in [2.75, 3.05) is 5.32 Å². The van der Waals surface area contributed by atoms with Gasteiger partial charge in [0, 0.05) is 12.6 Å². The molecule has 1 N–H and O–H groups in total. The van der Waals surface area contributed by atoms with Gasteiger partial charge in [0.05, 0.1) is 17.9 Å². The number of hydrogen-bond donors (Lipinski definition) is 1. The number of fused-ring (bicyclic) bond motifs is 1. The predicted octanol–water partition coefficient (Wildman–Crippen LogP) is 3.41. The van der Waals surface area contributed by atoms with Gasteiger partial charge in [0.25, 0.3) is 5.91 Å². The van der Waals surface area contributed by atoms with Crippen molar-refractivity contribution in [2.45, 2.75) is 39.2 Å². The summed E-state index contributed by atoms with van der Waals surface area (Å²) in [5.41, 5.74) is 4.99. The molecule has 1 aromatic carbocycles. The number of carbonyl (C=O) groups is 1. The topological polar surface area (TPSA) is 64.7 Å². The van der Waals surface area contributed by atoms with Crippen molar-refractivity contribution in [1.82, 2.24) is 19.6 Å². The van der Waals surface area contributed by atoms with Crippen LogP contribution in [0, 0.1) is 13.8 Å². The second-order valence-electron chi connectivity index (χ2n) is 6.98. The number of aromatic nitrogens is 4. The molecule has 2 heterocycles. The van der Waals surface area contributed by atoms with Gasteiger partial charge in [-0.3, -0.25) is 9.48 Å². The number of anilines is 1. The molecule has 4 rings (SSSR count). The normalized spacial score (nSPS) is 16.3. The van der Waals surface area contributed by atoms with Crippen LogP contribution in [-0.4, -0.2) is 25.5 Å². The van der Waals surface area contributed by atoms with Crippen molar-refractivity contribution in [1.29, 1.82) is 0 Å². The van der Waals surface area contributed by atoms with Gasteiger partial charge in [0.15, 0.2) is 0 Å². The minimum Gasteiger partial charge on any atom is -0.305 e. The second kappa shape index (κ2) is 6.44. The largest absolute Gasteiger partial charge is 0.305 e. The lowest BCUT2D eigenvalue weighted by Crippen LogP contribution is -2.23. The summed E-state index contributed by atoms with van der Waals surface area (Å²) in [4.78, 5) is 12.8. The SMILES string of the molecule is Cc1cc(C(=O)Nc2c(C)cnn2C2CCCc3ccccc32)n(C)n1. The fraction of sp³-hybridized carbons (Fsp3) is 0.350. The molecule has 6 heteroatoms. The zero-order valence-electron chi connectivity index (χ0n) is 15.4. The van der Waals surface area contributed by atoms with Gasteiger partial charge in [-0.2, -0.15) is 10.2 Å². The lowest BCUT2D eigenvalue weighted by Gasteiger charge is -2.27. The van der Waals surface area contributed by atoms with Gasteiger partial charge in [-0.25, -0.2) is 4.68 Å². The third kappa shape index (κ3) is 2.81. The van der Waals surface area contributed by atoms with E-state index < -0.39 is 0 Å². The smallest absolute Gasteiger partial charge is 0.275 e. The molecule has 0 spiro atoms. The van der Waals surface area contributed by atoms with Gasteiger partial charge >= 0.3 is 0 Å². The zero-order chi connectivity index (χ0) is 18.3. The van der Waals surface area contributed by atoms with Crippen LogP contribution in [0.5, 0.6) is 0 Å². The van der Waals surface area contributed by atoms with E-state index in [4.69, 9.17) is 0 Å². The van der Waals surface area contributed by atoms with Crippen molar-refractivity contribution in [3.8, 4) is 0 Å². The standard InChI is InChI=1S/C20H23N5O/c1-13-12-21-25(17-10-6-8-15-7-4-5-9-16(15)17)19(13)22-20(26)18-11-14(2)23-24(18)3/h4-5,7,9,11-12,17H,6,8,10H2,1-3H3,(H,22,26). The van der Waals surface area contributed by atoms with Crippen molar-refractivity contribution < 1.29 is 4.79 Å². The first-order valence-corrected chi connectivity index (χ1v) is 8.98. The van der Waals surface area contributed by atoms with Gasteiger partial charge in [-0.1, -0.05) is 24.3 Å². The van der Waals surface area contributed by atoms with E-state index in [1.807, 2.05) is 24.7 Å². The van der Waals surface area contributed by atoms with E-state index >= 15 is 0 Å². The second-order valence-corrected chi connectivity index (χ2v) is 6.98. The zero-order valence-corrected chi connectivity index (χ0v) is 15.4. The Hall–Kier alpha value is -2.89. The first kappa shape index (κ1) is 16.6. The monoisotopic (exact) mass is 349 g/mol. The van der Waals surface area contributed by atoms with E-state index in [2.05, 4.69) is 39.8 Å². The Bertz CT molecular complexity index is 968. The Labute approximate surface area is 152 Å². The molecule has 0 fully saturated rings. The number of rotatable bonds is 3. The van der Waals surface area contributed by atoms with E-state index in [9.17, 15) is 4.79 Å². The number of aryl methyl sites for hydroxylation is 4. The van der Waals surface area contributed by atoms with E-state index in [1.165, 1.54) is 11.1 Å². The summed E-state index contributed by atoms with van der Waals surface area (Å²) >= 11 is 0. The molecule has 26 heavy (non-hydrogen) atoms. The molecule has 1 aliphatic rings. The summed E-state index contributed by atoms with van der Waals surface area (Å²) in [7, 11) is 1.78. The molecule has 0 saturated heterocycles. The maximum absolute atomic E-state index is 12.8. The summed E-state index contributed by atoms with van der Waals surface area (Å²) in [6.45, 7) is 3.85. The van der Waals surface area contributed by atoms with E-state index in [-0.39, 0.29) is 11.9 Å². The fourth-order valence-electron chi connectivity index (χ4n) is 3.82. The molecule has 0 aliphatic heterocycles. The molecule has 3 aromatic rings. The average Bonchev–Trinajstić information content (AvgIpc) is 3.16. The molecule has 0 bridgehead atoms. The Balaban J connectivity index is 1.69. The number of amides is 1. The number of nitrogens with zero attached hydrogens (tertiary/aromatic N) is 4. The van der Waals surface area contributed by atoms with Crippen LogP contribution in [-0.2, 0) is 13.5 Å². The third-order valence-corrected chi connectivity index (χ3v) is 5.08. The number of carbonyl (C=O) groups excluding carboxylic acids is 1. The first-order valence-electron chi connectivity index (χ1n) is 8.98. The van der Waals surface area contributed by atoms with E-state index in [0.29, 0.717) is 5.69 Å². The highest BCUT2D eigenvalue weighted by Crippen LogP contribution is 2.35. The highest BCUT2D eigenvalue weighted by molar-refractivity contribution is 6.03. The van der Waals surface area contributed by atoms with Crippen molar-refractivity contribution in [3.05, 3.63) is 64.6 Å². The number of nitrogens with one attached hydrogen (secondary N) is 1. The molecule has 0 radical (unpaired) electrons. The van der Waals surface area contributed by atoms with Gasteiger partial charge in [-0.15, -0.1) is 0 Å². The summed E-state index contributed by atoms with van der Waals surface area (Å²) in [6.07, 6.45) is 5.06. The van der Waals surface area contributed by atoms with Crippen LogP contribution in [0.2, 0.25) is 0 Å². The maximum Gasteiger partial charge on any atom is 0.275 e. The molecule has 1 unspecified atom stereocenters. The lowest BCUT2D eigenvalue weighted by molar-refractivity contribution is 0.101. The summed E-state index contributed by atoms with van der Waals surface area (Å²) in [6, 6.07) is 10.5. The van der Waals surface area contributed by atoms with E-state index in [1.54, 1.807) is 17.8 Å². The third-order valence-electron chi connectivity index (χ3n) is 5.08. The summed E-state index contributed by atoms with van der Waals surface area (Å²) in [5, 5.41) is 11.9. The Kier molecular flexibility index (Phi) is 4.11. The van der Waals surface area contributed by atoms with Crippen LogP contribution in [0.4, 0.5) is 5.82 Å². The lowest BCUT2D eigenvalue weighted by atomic mass is 9.88. The fourth-order valence-corrected chi connectivity index (χ4v) is 3.82. The Morgan fingerprint density at radius 3 is 2.85 bits per heavy atom. The highest BCUT2D eigenvalue weighted by Gasteiger charge is 2.26. The van der Waals surface area contributed by atoms with Gasteiger partial charge in [0.2, 0.25) is 0 Å². The number of hydrogen-bond acceptors (Lipinski definition) is 3. The van der Waals surface area contributed by atoms with Crippen LogP contribution in [0.15, 0.2) is 36.5 Å². The average molecular weight is 349 g/mol. The van der Waals surface area contributed by atoms with Gasteiger partial charge in [0.1, 0.15) is 11.5 Å². The molecule has 134 valence electrons. The molecule has 1 amide bonds. The van der Waals surface area contributed by atoms with E-state index in [0.717, 1.165) is 36.3 Å². The minimum absolute atomic E-state index is 0.150. The predicted molar refractivity (Wildman–Crippen MR) is 100 cm³/mol. The minimum atomic E-state index is -0.165. The van der Waals surface area contributed by atoms with Crippen LogP contribution in [0.3, 0.4) is 0 Å².